The molecule has 1 saturated heterocycles. The molecule has 4 heteroatoms. The molecule has 0 amide bonds. The van der Waals surface area contributed by atoms with Gasteiger partial charge in [-0.3, -0.25) is 0 Å². The maximum absolute atomic E-state index is 11.0. The zero-order chi connectivity index (χ0) is 12.3. The lowest BCUT2D eigenvalue weighted by Gasteiger charge is -2.45. The Morgan fingerprint density at radius 2 is 2.06 bits per heavy atom. The van der Waals surface area contributed by atoms with Gasteiger partial charge in [0.25, 0.3) is 0 Å². The van der Waals surface area contributed by atoms with Crippen LogP contribution >= 0.6 is 0 Å². The van der Waals surface area contributed by atoms with Gasteiger partial charge in [0.05, 0.1) is 5.60 Å². The summed E-state index contributed by atoms with van der Waals surface area (Å²) in [4.78, 5) is 9.76. The van der Waals surface area contributed by atoms with Crippen molar-refractivity contribution in [2.75, 3.05) is 6.79 Å². The van der Waals surface area contributed by atoms with Crippen LogP contribution in [0.3, 0.4) is 0 Å². The Hall–Kier alpha value is -0.160. The van der Waals surface area contributed by atoms with Crippen molar-refractivity contribution in [2.45, 2.75) is 58.3 Å². The quantitative estimate of drug-likeness (QED) is 0.754. The van der Waals surface area contributed by atoms with Crippen molar-refractivity contribution in [3.05, 3.63) is 0 Å². The predicted molar refractivity (Wildman–Crippen MR) is 60.7 cm³/mol. The average molecular weight is 242 g/mol. The molecule has 0 aromatic carbocycles. The van der Waals surface area contributed by atoms with Crippen LogP contribution in [0.1, 0.15) is 46.5 Å². The highest BCUT2D eigenvalue weighted by molar-refractivity contribution is 5.17. The highest BCUT2D eigenvalue weighted by Gasteiger charge is 2.68. The summed E-state index contributed by atoms with van der Waals surface area (Å²) in [6.45, 7) is 6.96. The smallest absolute Gasteiger partial charge is 0.196 e. The maximum atomic E-state index is 11.0. The molecule has 3 aliphatic rings. The summed E-state index contributed by atoms with van der Waals surface area (Å²) in [6.07, 6.45) is 3.29. The van der Waals surface area contributed by atoms with Crippen LogP contribution in [0.15, 0.2) is 0 Å². The Morgan fingerprint density at radius 1 is 1.29 bits per heavy atom. The van der Waals surface area contributed by atoms with E-state index in [1.807, 2.05) is 0 Å². The summed E-state index contributed by atoms with van der Waals surface area (Å²) in [5, 5.41) is 11.0. The van der Waals surface area contributed by atoms with Crippen LogP contribution < -0.4 is 0 Å². The van der Waals surface area contributed by atoms with Gasteiger partial charge >= 0.3 is 0 Å². The largest absolute Gasteiger partial charge is 0.389 e. The van der Waals surface area contributed by atoms with E-state index in [2.05, 4.69) is 20.8 Å². The van der Waals surface area contributed by atoms with Crippen LogP contribution in [-0.2, 0) is 14.5 Å². The monoisotopic (exact) mass is 242 g/mol. The van der Waals surface area contributed by atoms with E-state index < -0.39 is 11.9 Å². The fourth-order valence-electron chi connectivity index (χ4n) is 4.33. The summed E-state index contributed by atoms with van der Waals surface area (Å²) in [5.74, 6) is 0.611. The molecule has 17 heavy (non-hydrogen) atoms. The Kier molecular flexibility index (Phi) is 2.41. The van der Waals surface area contributed by atoms with Crippen molar-refractivity contribution in [3.63, 3.8) is 0 Å². The van der Waals surface area contributed by atoms with E-state index in [-0.39, 0.29) is 17.6 Å². The van der Waals surface area contributed by atoms with Crippen LogP contribution in [0.5, 0.6) is 0 Å². The highest BCUT2D eigenvalue weighted by Crippen LogP contribution is 2.70. The van der Waals surface area contributed by atoms with E-state index in [9.17, 15) is 5.11 Å². The summed E-state index contributed by atoms with van der Waals surface area (Å²) < 4.78 is 5.30. The number of aliphatic hydroxyl groups is 1. The lowest BCUT2D eigenvalue weighted by Crippen LogP contribution is -2.49. The first kappa shape index (κ1) is 11.9. The van der Waals surface area contributed by atoms with Gasteiger partial charge < -0.3 is 9.84 Å². The minimum absolute atomic E-state index is 0.0417. The van der Waals surface area contributed by atoms with Gasteiger partial charge in [0, 0.05) is 11.8 Å². The van der Waals surface area contributed by atoms with Crippen molar-refractivity contribution in [1.82, 2.24) is 0 Å². The first-order valence-electron chi connectivity index (χ1n) is 6.51. The molecule has 1 unspecified atom stereocenters. The molecule has 1 N–H and O–H groups in total. The van der Waals surface area contributed by atoms with Crippen molar-refractivity contribution in [1.29, 1.82) is 0 Å². The summed E-state index contributed by atoms with van der Waals surface area (Å²) in [7, 11) is 0. The van der Waals surface area contributed by atoms with E-state index in [0.29, 0.717) is 12.3 Å². The second-order valence-electron chi connectivity index (χ2n) is 6.66. The molecule has 2 bridgehead atoms. The number of hydrogen-bond acceptors (Lipinski definition) is 4. The standard InChI is InChI=1S/C13H22O4/c1-11(2)9-4-5-12(11,3)13(14,6-9)7-10-15-8-16-17-10/h9-10,14H,4-8H2,1-3H3/t9-,10?,12-,13+/m1/s1. The zero-order valence-electron chi connectivity index (χ0n) is 10.9. The third-order valence-corrected chi connectivity index (χ3v) is 6.03. The van der Waals surface area contributed by atoms with Crippen LogP contribution in [-0.4, -0.2) is 23.8 Å². The van der Waals surface area contributed by atoms with Gasteiger partial charge in [-0.05, 0) is 30.6 Å². The van der Waals surface area contributed by atoms with Crippen LogP contribution in [0.25, 0.3) is 0 Å². The summed E-state index contributed by atoms with van der Waals surface area (Å²) in [5.41, 5.74) is -0.529. The van der Waals surface area contributed by atoms with E-state index in [0.717, 1.165) is 12.8 Å². The highest BCUT2D eigenvalue weighted by atomic mass is 17.3. The molecule has 3 fully saturated rings. The number of hydrogen-bond donors (Lipinski definition) is 1. The molecular formula is C13H22O4. The van der Waals surface area contributed by atoms with Gasteiger partial charge in [0.1, 0.15) is 0 Å². The second kappa shape index (κ2) is 3.44. The number of rotatable bonds is 2. The molecule has 4 atom stereocenters. The Bertz CT molecular complexity index is 323. The summed E-state index contributed by atoms with van der Waals surface area (Å²) in [6, 6.07) is 0. The van der Waals surface area contributed by atoms with Crippen molar-refractivity contribution in [3.8, 4) is 0 Å². The number of ether oxygens (including phenoxy) is 1. The molecule has 3 rings (SSSR count). The van der Waals surface area contributed by atoms with E-state index in [1.165, 1.54) is 6.42 Å². The maximum Gasteiger partial charge on any atom is 0.196 e. The fraction of sp³-hybridized carbons (Fsp3) is 1.00. The second-order valence-corrected chi connectivity index (χ2v) is 6.66. The van der Waals surface area contributed by atoms with Gasteiger partial charge in [-0.1, -0.05) is 20.8 Å². The van der Waals surface area contributed by atoms with Gasteiger partial charge in [-0.15, -0.1) is 0 Å². The molecule has 0 spiro atoms. The van der Waals surface area contributed by atoms with E-state index in [4.69, 9.17) is 14.5 Å². The molecule has 0 radical (unpaired) electrons. The normalized spacial score (nSPS) is 52.2. The molecule has 1 heterocycles. The van der Waals surface area contributed by atoms with Gasteiger partial charge in [0.15, 0.2) is 13.1 Å². The predicted octanol–water partition coefficient (Wildman–Crippen LogP) is 2.22. The van der Waals surface area contributed by atoms with Gasteiger partial charge in [-0.2, -0.15) is 0 Å². The SMILES string of the molecule is CC1(C)[C@@H]2CC[C@@]1(C)[C@@](O)(CC1OCOO1)C2. The first-order valence-corrected chi connectivity index (χ1v) is 6.51. The van der Waals surface area contributed by atoms with Gasteiger partial charge in [0.2, 0.25) is 0 Å². The fourth-order valence-corrected chi connectivity index (χ4v) is 4.33. The van der Waals surface area contributed by atoms with E-state index in [1.54, 1.807) is 0 Å². The molecule has 2 saturated carbocycles. The lowest BCUT2D eigenvalue weighted by molar-refractivity contribution is -0.288. The molecule has 98 valence electrons. The minimum atomic E-state index is -0.683. The Labute approximate surface area is 102 Å². The van der Waals surface area contributed by atoms with Crippen molar-refractivity contribution >= 4 is 0 Å². The number of fused-ring (bicyclic) bond motifs is 2. The average Bonchev–Trinajstić information content (AvgIpc) is 2.84. The third kappa shape index (κ3) is 1.38. The Balaban J connectivity index is 1.84. The third-order valence-electron chi connectivity index (χ3n) is 6.03. The molecule has 4 nitrogen and oxygen atoms in total. The molecule has 2 aliphatic carbocycles. The summed E-state index contributed by atoms with van der Waals surface area (Å²) >= 11 is 0. The van der Waals surface area contributed by atoms with Crippen molar-refractivity contribution in [2.24, 2.45) is 16.7 Å². The lowest BCUT2D eigenvalue weighted by atomic mass is 9.63. The van der Waals surface area contributed by atoms with Crippen LogP contribution in [0.4, 0.5) is 0 Å². The molecule has 0 aromatic rings. The Morgan fingerprint density at radius 3 is 2.53 bits per heavy atom. The van der Waals surface area contributed by atoms with Crippen LogP contribution in [0, 0.1) is 16.7 Å². The minimum Gasteiger partial charge on any atom is -0.389 e. The first-order chi connectivity index (χ1) is 7.89. The topological polar surface area (TPSA) is 47.9 Å². The van der Waals surface area contributed by atoms with E-state index >= 15 is 0 Å². The molecule has 1 aliphatic heterocycles. The van der Waals surface area contributed by atoms with Crippen LogP contribution in [0.2, 0.25) is 0 Å². The van der Waals surface area contributed by atoms with Gasteiger partial charge in [-0.25, -0.2) is 9.78 Å². The van der Waals surface area contributed by atoms with Crippen molar-refractivity contribution < 1.29 is 19.6 Å². The zero-order valence-corrected chi connectivity index (χ0v) is 10.9. The molecular weight excluding hydrogens is 220 g/mol. The molecule has 0 aromatic heterocycles.